The van der Waals surface area contributed by atoms with Gasteiger partial charge in [0.05, 0.1) is 0 Å². The summed E-state index contributed by atoms with van der Waals surface area (Å²) in [6.45, 7) is 0. The van der Waals surface area contributed by atoms with Crippen LogP contribution in [0.5, 0.6) is 0 Å². The van der Waals surface area contributed by atoms with Crippen molar-refractivity contribution < 1.29 is 0 Å². The number of rotatable bonds is 0. The van der Waals surface area contributed by atoms with Crippen LogP contribution in [0.1, 0.15) is 6.42 Å². The molecule has 8 heavy (non-hydrogen) atoms. The molecule has 2 nitrogen and oxygen atoms in total. The number of nitrogens with zero attached hydrogens (tertiary/aromatic N) is 2. The zero-order chi connectivity index (χ0) is 5.82. The van der Waals surface area contributed by atoms with Crippen LogP contribution < -0.4 is 0 Å². The van der Waals surface area contributed by atoms with Gasteiger partial charge in [0.2, 0.25) is 0 Å². The van der Waals surface area contributed by atoms with Gasteiger partial charge in [0, 0.05) is 22.4 Å². The van der Waals surface area contributed by atoms with Gasteiger partial charge in [-0.3, -0.25) is 0 Å². The van der Waals surface area contributed by atoms with Crippen molar-refractivity contribution >= 4 is 35.1 Å². The van der Waals surface area contributed by atoms with Crippen LogP contribution in [-0.2, 0) is 0 Å². The number of aliphatic imine (C=N–C) groups is 2. The molecule has 0 atom stereocenters. The van der Waals surface area contributed by atoms with E-state index in [4.69, 9.17) is 0 Å². The average molecular weight is 220 g/mol. The largest absolute Gasteiger partial charge is 0.249 e. The third-order valence-electron chi connectivity index (χ3n) is 0.740. The van der Waals surface area contributed by atoms with Gasteiger partial charge in [0.25, 0.3) is 0 Å². The highest BCUT2D eigenvalue weighted by Crippen LogP contribution is 2.09. The zero-order valence-electron chi connectivity index (χ0n) is 4.21. The van der Waals surface area contributed by atoms with Gasteiger partial charge in [-0.15, -0.1) is 0 Å². The van der Waals surface area contributed by atoms with Crippen LogP contribution in [0.3, 0.4) is 0 Å². The maximum Gasteiger partial charge on any atom is 0.114 e. The molecule has 0 aromatic heterocycles. The van der Waals surface area contributed by atoms with Crippen LogP contribution in [0.2, 0.25) is 0 Å². The lowest BCUT2D eigenvalue weighted by Crippen LogP contribution is -1.70. The fraction of sp³-hybridized carbons (Fsp3) is 0.200. The van der Waals surface area contributed by atoms with E-state index in [0.29, 0.717) is 0 Å². The summed E-state index contributed by atoms with van der Waals surface area (Å²) in [4.78, 5) is 7.71. The number of halogens is 1. The molecule has 0 amide bonds. The Morgan fingerprint density at radius 1 is 1.50 bits per heavy atom. The van der Waals surface area contributed by atoms with Gasteiger partial charge < -0.3 is 0 Å². The van der Waals surface area contributed by atoms with Crippen molar-refractivity contribution in [2.75, 3.05) is 0 Å². The van der Waals surface area contributed by atoms with Crippen molar-refractivity contribution in [1.29, 1.82) is 0 Å². The van der Waals surface area contributed by atoms with Crippen molar-refractivity contribution in [3.8, 4) is 0 Å². The molecule has 3 heteroatoms. The lowest BCUT2D eigenvalue weighted by atomic mass is 10.4. The summed E-state index contributed by atoms with van der Waals surface area (Å²) in [6, 6.07) is 0. The van der Waals surface area contributed by atoms with E-state index in [9.17, 15) is 0 Å². The van der Waals surface area contributed by atoms with Crippen LogP contribution in [0, 0.1) is 0 Å². The van der Waals surface area contributed by atoms with E-state index >= 15 is 0 Å². The predicted molar refractivity (Wildman–Crippen MR) is 43.7 cm³/mol. The molecule has 1 aliphatic heterocycles. The van der Waals surface area contributed by atoms with Gasteiger partial charge in [0.15, 0.2) is 0 Å². The second-order valence-corrected chi connectivity index (χ2v) is 2.76. The zero-order valence-corrected chi connectivity index (χ0v) is 6.37. The minimum Gasteiger partial charge on any atom is -0.249 e. The summed E-state index contributed by atoms with van der Waals surface area (Å²) in [5.74, 6) is 0. The Morgan fingerprint density at radius 2 is 2.38 bits per heavy atom. The Bertz CT molecular complexity index is 158. The first-order chi connectivity index (χ1) is 3.89. The van der Waals surface area contributed by atoms with E-state index in [-0.39, 0.29) is 0 Å². The van der Waals surface area contributed by atoms with E-state index < -0.39 is 0 Å². The van der Waals surface area contributed by atoms with E-state index in [1.54, 1.807) is 6.34 Å². The lowest BCUT2D eigenvalue weighted by molar-refractivity contribution is 1.47. The topological polar surface area (TPSA) is 24.7 Å². The molecule has 1 heterocycles. The maximum absolute atomic E-state index is 3.86. The molecule has 0 N–H and O–H groups in total. The molecule has 0 radical (unpaired) electrons. The lowest BCUT2D eigenvalue weighted by Gasteiger charge is -1.82. The average Bonchev–Trinajstić information content (AvgIpc) is 1.94. The Kier molecular flexibility index (Phi) is 2.20. The summed E-state index contributed by atoms with van der Waals surface area (Å²) >= 11 is 2.24. The van der Waals surface area contributed by atoms with Crippen molar-refractivity contribution in [2.24, 2.45) is 9.98 Å². The van der Waals surface area contributed by atoms with Crippen molar-refractivity contribution in [2.45, 2.75) is 6.42 Å². The molecule has 0 aromatic carbocycles. The summed E-state index contributed by atoms with van der Waals surface area (Å²) in [6.07, 6.45) is 6.12. The van der Waals surface area contributed by atoms with Crippen LogP contribution in [0.25, 0.3) is 0 Å². The Labute approximate surface area is 61.6 Å². The Hall–Kier alpha value is -0.190. The predicted octanol–water partition coefficient (Wildman–Crippen LogP) is 1.77. The molecule has 42 valence electrons. The van der Waals surface area contributed by atoms with E-state index in [1.165, 1.54) is 3.58 Å². The van der Waals surface area contributed by atoms with Crippen molar-refractivity contribution in [3.05, 3.63) is 9.78 Å². The Morgan fingerprint density at radius 3 is 3.25 bits per heavy atom. The molecule has 1 aliphatic rings. The van der Waals surface area contributed by atoms with Crippen LogP contribution in [-0.4, -0.2) is 12.6 Å². The summed E-state index contributed by atoms with van der Waals surface area (Å²) in [5.41, 5.74) is 0. The third-order valence-corrected chi connectivity index (χ3v) is 1.46. The first kappa shape index (κ1) is 5.94. The van der Waals surface area contributed by atoms with Gasteiger partial charge in [-0.05, 0) is 22.6 Å². The smallest absolute Gasteiger partial charge is 0.114 e. The van der Waals surface area contributed by atoms with Gasteiger partial charge in [0.1, 0.15) is 6.34 Å². The molecule has 0 fully saturated rings. The molecular weight excluding hydrogens is 215 g/mol. The molecular formula is C5H5IN2. The first-order valence-electron chi connectivity index (χ1n) is 2.27. The van der Waals surface area contributed by atoms with Gasteiger partial charge in [-0.1, -0.05) is 0 Å². The molecule has 0 spiro atoms. The van der Waals surface area contributed by atoms with E-state index in [1.807, 2.05) is 12.4 Å². The fourth-order valence-corrected chi connectivity index (χ4v) is 0.750. The van der Waals surface area contributed by atoms with Gasteiger partial charge >= 0.3 is 0 Å². The van der Waals surface area contributed by atoms with Crippen molar-refractivity contribution in [1.82, 2.24) is 0 Å². The van der Waals surface area contributed by atoms with E-state index in [0.717, 1.165) is 6.42 Å². The minimum atomic E-state index is 0.917. The molecule has 0 aromatic rings. The maximum atomic E-state index is 3.86. The van der Waals surface area contributed by atoms with Crippen LogP contribution in [0.4, 0.5) is 0 Å². The number of hydrogen-bond acceptors (Lipinski definition) is 2. The molecule has 0 unspecified atom stereocenters. The number of hydrogen-bond donors (Lipinski definition) is 0. The van der Waals surface area contributed by atoms with Gasteiger partial charge in [-0.2, -0.15) is 0 Å². The quantitative estimate of drug-likeness (QED) is 0.555. The summed E-state index contributed by atoms with van der Waals surface area (Å²) < 4.78 is 1.22. The monoisotopic (exact) mass is 220 g/mol. The molecule has 0 aliphatic carbocycles. The fourth-order valence-electron chi connectivity index (χ4n) is 0.392. The highest BCUT2D eigenvalue weighted by molar-refractivity contribution is 14.1. The number of allylic oxidation sites excluding steroid dienone is 1. The standard InChI is InChI=1S/C5H5IN2/c6-5-1-2-7-4-8-3-5/h2-4H,1H2. The molecule has 0 saturated heterocycles. The second-order valence-electron chi connectivity index (χ2n) is 1.38. The SMILES string of the molecule is IC1=CN=CN=CC1. The summed E-state index contributed by atoms with van der Waals surface area (Å²) in [7, 11) is 0. The molecule has 0 saturated carbocycles. The van der Waals surface area contributed by atoms with Crippen molar-refractivity contribution in [3.63, 3.8) is 0 Å². The van der Waals surface area contributed by atoms with Crippen LogP contribution >= 0.6 is 22.6 Å². The van der Waals surface area contributed by atoms with Crippen LogP contribution in [0.15, 0.2) is 19.8 Å². The highest BCUT2D eigenvalue weighted by Gasteiger charge is 1.87. The Balaban J connectivity index is 2.69. The first-order valence-corrected chi connectivity index (χ1v) is 3.35. The normalized spacial score (nSPS) is 17.9. The van der Waals surface area contributed by atoms with E-state index in [2.05, 4.69) is 32.6 Å². The summed E-state index contributed by atoms with van der Waals surface area (Å²) in [5, 5.41) is 0. The highest BCUT2D eigenvalue weighted by atomic mass is 127. The second kappa shape index (κ2) is 2.96. The molecule has 1 rings (SSSR count). The minimum absolute atomic E-state index is 0.917. The third kappa shape index (κ3) is 1.73. The molecule has 0 bridgehead atoms. The van der Waals surface area contributed by atoms with Gasteiger partial charge in [-0.25, -0.2) is 9.98 Å².